The van der Waals surface area contributed by atoms with E-state index in [0.717, 1.165) is 23.2 Å². The highest BCUT2D eigenvalue weighted by molar-refractivity contribution is 7.99. The van der Waals surface area contributed by atoms with Crippen LogP contribution in [0.2, 0.25) is 5.02 Å². The molecule has 0 heterocycles. The van der Waals surface area contributed by atoms with Crippen LogP contribution in [-0.2, 0) is 0 Å². The fourth-order valence-electron chi connectivity index (χ4n) is 2.54. The van der Waals surface area contributed by atoms with Crippen LogP contribution in [0, 0.1) is 0 Å². The van der Waals surface area contributed by atoms with E-state index in [0.29, 0.717) is 15.9 Å². The van der Waals surface area contributed by atoms with Crippen LogP contribution in [0.3, 0.4) is 0 Å². The summed E-state index contributed by atoms with van der Waals surface area (Å²) in [5.74, 6) is 1.76. The summed E-state index contributed by atoms with van der Waals surface area (Å²) in [4.78, 5) is 0. The topological polar surface area (TPSA) is 33.3 Å². The van der Waals surface area contributed by atoms with Crippen LogP contribution in [0.1, 0.15) is 32.1 Å². The van der Waals surface area contributed by atoms with Crippen LogP contribution in [-0.4, -0.2) is 29.8 Å². The lowest BCUT2D eigenvalue weighted by atomic mass is 10.0. The number of ether oxygens (including phenoxy) is 1. The Labute approximate surface area is 147 Å². The van der Waals surface area contributed by atoms with Crippen LogP contribution in [0.5, 0.6) is 5.75 Å². The lowest BCUT2D eigenvalue weighted by Gasteiger charge is -2.21. The molecule has 0 radical (unpaired) electrons. The van der Waals surface area contributed by atoms with Crippen LogP contribution in [0.25, 0.3) is 0 Å². The summed E-state index contributed by atoms with van der Waals surface area (Å²) >= 11 is 13.5. The predicted octanol–water partition coefficient (Wildman–Crippen LogP) is 4.70. The van der Waals surface area contributed by atoms with Crippen molar-refractivity contribution in [2.75, 3.05) is 24.7 Å². The minimum absolute atomic E-state index is 0.572. The van der Waals surface area contributed by atoms with E-state index in [1.807, 2.05) is 18.2 Å². The summed E-state index contributed by atoms with van der Waals surface area (Å²) in [5.41, 5.74) is 0.864. The maximum Gasteiger partial charge on any atom is 0.170 e. The summed E-state index contributed by atoms with van der Waals surface area (Å²) < 4.78 is 5.13. The summed E-state index contributed by atoms with van der Waals surface area (Å²) in [5, 5.41) is 8.43. The molecule has 2 rings (SSSR count). The highest BCUT2D eigenvalue weighted by atomic mass is 35.5. The van der Waals surface area contributed by atoms with Gasteiger partial charge >= 0.3 is 0 Å². The Morgan fingerprint density at radius 3 is 2.82 bits per heavy atom. The molecular weight excluding hydrogens is 336 g/mol. The van der Waals surface area contributed by atoms with Gasteiger partial charge in [-0.1, -0.05) is 30.9 Å². The molecular formula is C16H23ClN2OS2. The zero-order valence-corrected chi connectivity index (χ0v) is 15.3. The number of thioether (sulfide) groups is 1. The smallest absolute Gasteiger partial charge is 0.170 e. The largest absolute Gasteiger partial charge is 0.495 e. The molecule has 1 aromatic carbocycles. The second kappa shape index (κ2) is 9.48. The maximum atomic E-state index is 6.09. The van der Waals surface area contributed by atoms with Crippen LogP contribution < -0.4 is 15.4 Å². The molecule has 22 heavy (non-hydrogen) atoms. The van der Waals surface area contributed by atoms with Gasteiger partial charge in [0.25, 0.3) is 0 Å². The van der Waals surface area contributed by atoms with E-state index in [1.165, 1.54) is 32.1 Å². The van der Waals surface area contributed by atoms with Gasteiger partial charge in [0.05, 0.1) is 12.1 Å². The SMILES string of the molecule is COc1ccc(NC(=S)NCCSC2CCCCC2)cc1Cl. The molecule has 1 saturated carbocycles. The van der Waals surface area contributed by atoms with Gasteiger partial charge in [0.15, 0.2) is 5.11 Å². The van der Waals surface area contributed by atoms with Gasteiger partial charge < -0.3 is 15.4 Å². The standard InChI is InChI=1S/C16H23ClN2OS2/c1-20-15-8-7-12(11-14(15)17)19-16(21)18-9-10-22-13-5-3-2-4-6-13/h7-8,11,13H,2-6,9-10H2,1H3,(H2,18,19,21). The van der Waals surface area contributed by atoms with E-state index in [1.54, 1.807) is 7.11 Å². The minimum atomic E-state index is 0.572. The molecule has 122 valence electrons. The number of hydrogen-bond donors (Lipinski definition) is 2. The summed E-state index contributed by atoms with van der Waals surface area (Å²) in [6.07, 6.45) is 6.94. The second-order valence-corrected chi connectivity index (χ2v) is 7.58. The van der Waals surface area contributed by atoms with Crippen molar-refractivity contribution in [2.24, 2.45) is 0 Å². The second-order valence-electron chi connectivity index (χ2n) is 5.36. The molecule has 0 aliphatic heterocycles. The highest BCUT2D eigenvalue weighted by Gasteiger charge is 2.13. The van der Waals surface area contributed by atoms with E-state index < -0.39 is 0 Å². The van der Waals surface area contributed by atoms with Gasteiger partial charge in [-0.15, -0.1) is 0 Å². The fourth-order valence-corrected chi connectivity index (χ4v) is 4.24. The molecule has 0 aromatic heterocycles. The van der Waals surface area contributed by atoms with Gasteiger partial charge in [-0.2, -0.15) is 11.8 Å². The third-order valence-electron chi connectivity index (χ3n) is 3.70. The monoisotopic (exact) mass is 358 g/mol. The summed E-state index contributed by atoms with van der Waals surface area (Å²) in [7, 11) is 1.60. The van der Waals surface area contributed by atoms with Crippen molar-refractivity contribution >= 4 is 46.4 Å². The van der Waals surface area contributed by atoms with E-state index in [9.17, 15) is 0 Å². The van der Waals surface area contributed by atoms with Crippen molar-refractivity contribution in [1.29, 1.82) is 0 Å². The van der Waals surface area contributed by atoms with Crippen LogP contribution >= 0.6 is 35.6 Å². The molecule has 3 nitrogen and oxygen atoms in total. The molecule has 0 spiro atoms. The molecule has 6 heteroatoms. The van der Waals surface area contributed by atoms with Gasteiger partial charge in [-0.05, 0) is 43.3 Å². The average Bonchev–Trinajstić information content (AvgIpc) is 2.53. The van der Waals surface area contributed by atoms with Gasteiger partial charge in [-0.3, -0.25) is 0 Å². The molecule has 1 aliphatic carbocycles. The molecule has 0 amide bonds. The van der Waals surface area contributed by atoms with E-state index >= 15 is 0 Å². The molecule has 0 bridgehead atoms. The van der Waals surface area contributed by atoms with Crippen LogP contribution in [0.15, 0.2) is 18.2 Å². The quantitative estimate of drug-likeness (QED) is 0.569. The minimum Gasteiger partial charge on any atom is -0.495 e. The molecule has 0 saturated heterocycles. The number of nitrogens with one attached hydrogen (secondary N) is 2. The first kappa shape index (κ1) is 17.7. The number of benzene rings is 1. The van der Waals surface area contributed by atoms with Crippen molar-refractivity contribution in [3.63, 3.8) is 0 Å². The van der Waals surface area contributed by atoms with Crippen molar-refractivity contribution in [3.8, 4) is 5.75 Å². The first-order valence-electron chi connectivity index (χ1n) is 7.69. The molecule has 0 atom stereocenters. The normalized spacial score (nSPS) is 15.4. The highest BCUT2D eigenvalue weighted by Crippen LogP contribution is 2.28. The van der Waals surface area contributed by atoms with Gasteiger partial charge in [0.2, 0.25) is 0 Å². The van der Waals surface area contributed by atoms with E-state index in [-0.39, 0.29) is 0 Å². The zero-order valence-electron chi connectivity index (χ0n) is 12.9. The Morgan fingerprint density at radius 1 is 1.36 bits per heavy atom. The Balaban J connectivity index is 1.66. The Morgan fingerprint density at radius 2 is 2.14 bits per heavy atom. The lowest BCUT2D eigenvalue weighted by Crippen LogP contribution is -2.30. The molecule has 1 aliphatic rings. The number of halogens is 1. The molecule has 2 N–H and O–H groups in total. The maximum absolute atomic E-state index is 6.09. The van der Waals surface area contributed by atoms with E-state index in [4.69, 9.17) is 28.6 Å². The lowest BCUT2D eigenvalue weighted by molar-refractivity contribution is 0.415. The Kier molecular flexibility index (Phi) is 7.63. The fraction of sp³-hybridized carbons (Fsp3) is 0.562. The predicted molar refractivity (Wildman–Crippen MR) is 102 cm³/mol. The van der Waals surface area contributed by atoms with Crippen LogP contribution in [0.4, 0.5) is 5.69 Å². The first-order chi connectivity index (χ1) is 10.7. The molecule has 1 fully saturated rings. The van der Waals surface area contributed by atoms with Crippen molar-refractivity contribution in [2.45, 2.75) is 37.4 Å². The number of anilines is 1. The van der Waals surface area contributed by atoms with Gasteiger partial charge in [0, 0.05) is 23.2 Å². The number of methoxy groups -OCH3 is 1. The first-order valence-corrected chi connectivity index (χ1v) is 9.52. The van der Waals surface area contributed by atoms with Crippen molar-refractivity contribution in [1.82, 2.24) is 5.32 Å². The average molecular weight is 359 g/mol. The van der Waals surface area contributed by atoms with Crippen molar-refractivity contribution in [3.05, 3.63) is 23.2 Å². The zero-order chi connectivity index (χ0) is 15.8. The van der Waals surface area contributed by atoms with E-state index in [2.05, 4.69) is 22.4 Å². The molecule has 1 aromatic rings. The number of thiocarbonyl (C=S) groups is 1. The molecule has 0 unspecified atom stereocenters. The van der Waals surface area contributed by atoms with Gasteiger partial charge in [-0.25, -0.2) is 0 Å². The summed E-state index contributed by atoms with van der Waals surface area (Å²) in [6, 6.07) is 5.53. The van der Waals surface area contributed by atoms with Gasteiger partial charge in [0.1, 0.15) is 5.75 Å². The third kappa shape index (κ3) is 5.86. The number of rotatable bonds is 6. The van der Waals surface area contributed by atoms with Crippen molar-refractivity contribution < 1.29 is 4.74 Å². The summed E-state index contributed by atoms with van der Waals surface area (Å²) in [6.45, 7) is 0.886. The third-order valence-corrected chi connectivity index (χ3v) is 5.63. The Bertz CT molecular complexity index is 493. The Hall–Kier alpha value is -0.650. The number of hydrogen-bond acceptors (Lipinski definition) is 3.